The summed E-state index contributed by atoms with van der Waals surface area (Å²) in [6.45, 7) is 2.28. The van der Waals surface area contributed by atoms with E-state index in [0.717, 1.165) is 31.5 Å². The van der Waals surface area contributed by atoms with E-state index >= 15 is 0 Å². The summed E-state index contributed by atoms with van der Waals surface area (Å²) in [6.07, 6.45) is 3.30. The van der Waals surface area contributed by atoms with Gasteiger partial charge in [0.1, 0.15) is 42.0 Å². The van der Waals surface area contributed by atoms with Crippen molar-refractivity contribution in [2.45, 2.75) is 25.6 Å². The van der Waals surface area contributed by atoms with E-state index in [1.54, 1.807) is 18.2 Å². The molecular formula is C21H21ClN4O4. The minimum atomic E-state index is 0.0561. The van der Waals surface area contributed by atoms with Gasteiger partial charge in [0.05, 0.1) is 15.9 Å². The first-order valence-corrected chi connectivity index (χ1v) is 10.2. The first kappa shape index (κ1) is 19.2. The molecule has 0 radical (unpaired) electrons. The molecule has 0 saturated carbocycles. The molecule has 2 aromatic carbocycles. The molecule has 1 saturated heterocycles. The average molecular weight is 429 g/mol. The maximum Gasteiger partial charge on any atom is 0.196 e. The fraction of sp³-hybridized carbons (Fsp3) is 0.333. The lowest BCUT2D eigenvalue weighted by Crippen LogP contribution is -2.35. The highest BCUT2D eigenvalue weighted by Crippen LogP contribution is 2.43. The Morgan fingerprint density at radius 3 is 2.90 bits per heavy atom. The van der Waals surface area contributed by atoms with E-state index in [-0.39, 0.29) is 11.9 Å². The molecule has 0 atom stereocenters. The fourth-order valence-electron chi connectivity index (χ4n) is 3.81. The number of anilines is 2. The van der Waals surface area contributed by atoms with Crippen LogP contribution in [0.2, 0.25) is 5.02 Å². The quantitative estimate of drug-likeness (QED) is 0.602. The summed E-state index contributed by atoms with van der Waals surface area (Å²) in [5.41, 5.74) is 2.02. The number of aromatic hydroxyl groups is 1. The lowest BCUT2D eigenvalue weighted by molar-refractivity contribution is -0.194. The summed E-state index contributed by atoms with van der Waals surface area (Å²) in [7, 11) is 2.10. The van der Waals surface area contributed by atoms with Crippen LogP contribution in [0, 0.1) is 0 Å². The van der Waals surface area contributed by atoms with Crippen molar-refractivity contribution in [2.24, 2.45) is 0 Å². The molecule has 0 amide bonds. The standard InChI is InChI=1S/C21H21ClN4O4/c1-26-6-4-14(5-7-26)29-17-9-13(27)8-16-18(17)21(24-11-23-16)25-19-15(22)3-2-12-10-28-30-20(12)19/h2-3,8-9,11,14,27H,4-7,10H2,1H3,(H,23,24,25). The lowest BCUT2D eigenvalue weighted by Gasteiger charge is -2.29. The zero-order valence-electron chi connectivity index (χ0n) is 16.4. The summed E-state index contributed by atoms with van der Waals surface area (Å²) in [5.74, 6) is 1.66. The number of hydrogen-bond acceptors (Lipinski definition) is 8. The van der Waals surface area contributed by atoms with Crippen molar-refractivity contribution in [3.05, 3.63) is 41.2 Å². The van der Waals surface area contributed by atoms with Crippen molar-refractivity contribution in [3.63, 3.8) is 0 Å². The van der Waals surface area contributed by atoms with Gasteiger partial charge >= 0.3 is 0 Å². The van der Waals surface area contributed by atoms with Crippen LogP contribution in [0.25, 0.3) is 10.9 Å². The number of aromatic nitrogens is 2. The van der Waals surface area contributed by atoms with Crippen molar-refractivity contribution in [1.29, 1.82) is 0 Å². The molecule has 0 aliphatic carbocycles. The molecule has 30 heavy (non-hydrogen) atoms. The normalized spacial score (nSPS) is 17.0. The van der Waals surface area contributed by atoms with E-state index < -0.39 is 0 Å². The number of nitrogens with zero attached hydrogens (tertiary/aromatic N) is 3. The molecule has 1 aromatic heterocycles. The number of rotatable bonds is 4. The third kappa shape index (κ3) is 3.58. The number of benzene rings is 2. The maximum atomic E-state index is 10.2. The van der Waals surface area contributed by atoms with Crippen LogP contribution in [0.3, 0.4) is 0 Å². The first-order valence-electron chi connectivity index (χ1n) is 9.79. The number of ether oxygens (including phenoxy) is 1. The molecule has 5 rings (SSSR count). The molecule has 0 spiro atoms. The van der Waals surface area contributed by atoms with Gasteiger partial charge in [0, 0.05) is 30.8 Å². The van der Waals surface area contributed by atoms with E-state index in [2.05, 4.69) is 27.2 Å². The Bertz CT molecular complexity index is 1100. The second-order valence-corrected chi connectivity index (χ2v) is 7.97. The topological polar surface area (TPSA) is 89.0 Å². The Morgan fingerprint density at radius 1 is 1.23 bits per heavy atom. The molecule has 0 unspecified atom stereocenters. The van der Waals surface area contributed by atoms with Crippen LogP contribution in [0.1, 0.15) is 18.4 Å². The van der Waals surface area contributed by atoms with Crippen molar-refractivity contribution in [2.75, 3.05) is 25.5 Å². The zero-order valence-corrected chi connectivity index (χ0v) is 17.1. The molecule has 3 heterocycles. The summed E-state index contributed by atoms with van der Waals surface area (Å²) >= 11 is 6.43. The van der Waals surface area contributed by atoms with Gasteiger partial charge in [-0.25, -0.2) is 9.97 Å². The van der Waals surface area contributed by atoms with Crippen LogP contribution in [-0.2, 0) is 11.5 Å². The predicted molar refractivity (Wildman–Crippen MR) is 113 cm³/mol. The van der Waals surface area contributed by atoms with E-state index in [0.29, 0.717) is 45.5 Å². The smallest absolute Gasteiger partial charge is 0.196 e. The van der Waals surface area contributed by atoms with E-state index in [4.69, 9.17) is 26.1 Å². The maximum absolute atomic E-state index is 10.2. The van der Waals surface area contributed by atoms with Crippen molar-refractivity contribution in [1.82, 2.24) is 14.9 Å². The molecule has 0 bridgehead atoms. The van der Waals surface area contributed by atoms with Crippen LogP contribution >= 0.6 is 11.6 Å². The summed E-state index contributed by atoms with van der Waals surface area (Å²) < 4.78 is 6.30. The highest BCUT2D eigenvalue weighted by Gasteiger charge is 2.24. The second kappa shape index (κ2) is 7.79. The number of nitrogens with one attached hydrogen (secondary N) is 1. The van der Waals surface area contributed by atoms with E-state index in [9.17, 15) is 5.11 Å². The summed E-state index contributed by atoms with van der Waals surface area (Å²) in [6, 6.07) is 6.83. The Kier molecular flexibility index (Phi) is 4.98. The summed E-state index contributed by atoms with van der Waals surface area (Å²) in [4.78, 5) is 21.4. The van der Waals surface area contributed by atoms with Crippen LogP contribution in [0.5, 0.6) is 17.2 Å². The van der Waals surface area contributed by atoms with Crippen molar-refractivity contribution < 1.29 is 19.6 Å². The van der Waals surface area contributed by atoms with Gasteiger partial charge in [0.2, 0.25) is 0 Å². The largest absolute Gasteiger partial charge is 0.508 e. The zero-order chi connectivity index (χ0) is 20.7. The number of piperidine rings is 1. The fourth-order valence-corrected chi connectivity index (χ4v) is 4.00. The Balaban J connectivity index is 1.56. The van der Waals surface area contributed by atoms with Gasteiger partial charge in [-0.3, -0.25) is 0 Å². The molecule has 3 aromatic rings. The third-order valence-corrected chi connectivity index (χ3v) is 5.75. The van der Waals surface area contributed by atoms with Gasteiger partial charge in [0.25, 0.3) is 0 Å². The van der Waals surface area contributed by atoms with Gasteiger partial charge in [-0.15, -0.1) is 0 Å². The van der Waals surface area contributed by atoms with Crippen LogP contribution in [0.15, 0.2) is 30.6 Å². The Labute approximate surface area is 178 Å². The van der Waals surface area contributed by atoms with Gasteiger partial charge in [-0.2, -0.15) is 4.89 Å². The first-order chi connectivity index (χ1) is 14.6. The van der Waals surface area contributed by atoms with Crippen molar-refractivity contribution in [3.8, 4) is 17.2 Å². The molecule has 2 aliphatic rings. The monoisotopic (exact) mass is 428 g/mol. The second-order valence-electron chi connectivity index (χ2n) is 7.56. The molecular weight excluding hydrogens is 408 g/mol. The highest BCUT2D eigenvalue weighted by atomic mass is 35.5. The van der Waals surface area contributed by atoms with E-state index in [1.807, 2.05) is 6.07 Å². The van der Waals surface area contributed by atoms with Gasteiger partial charge in [-0.05, 0) is 26.0 Å². The average Bonchev–Trinajstić information content (AvgIpc) is 3.20. The molecule has 2 aliphatic heterocycles. The number of hydrogen-bond donors (Lipinski definition) is 2. The third-order valence-electron chi connectivity index (χ3n) is 5.43. The molecule has 8 nitrogen and oxygen atoms in total. The Hall–Kier alpha value is -2.81. The molecule has 1 fully saturated rings. The molecule has 2 N–H and O–H groups in total. The SMILES string of the molecule is CN1CCC(Oc2cc(O)cc3ncnc(Nc4c(Cl)ccc5c4OOC5)c23)CC1. The number of halogens is 1. The van der Waals surface area contributed by atoms with Gasteiger partial charge < -0.3 is 24.9 Å². The van der Waals surface area contributed by atoms with Crippen LogP contribution in [0.4, 0.5) is 11.5 Å². The minimum Gasteiger partial charge on any atom is -0.508 e. The Morgan fingerprint density at radius 2 is 2.07 bits per heavy atom. The molecule has 156 valence electrons. The van der Waals surface area contributed by atoms with Crippen LogP contribution < -0.4 is 14.9 Å². The molecule has 9 heteroatoms. The number of likely N-dealkylation sites (tertiary alicyclic amines) is 1. The number of fused-ring (bicyclic) bond motifs is 2. The van der Waals surface area contributed by atoms with Gasteiger partial charge in [0.15, 0.2) is 5.75 Å². The van der Waals surface area contributed by atoms with E-state index in [1.165, 1.54) is 6.33 Å². The predicted octanol–water partition coefficient (Wildman–Crippen LogP) is 4.03. The van der Waals surface area contributed by atoms with Crippen LogP contribution in [-0.4, -0.2) is 46.2 Å². The summed E-state index contributed by atoms with van der Waals surface area (Å²) in [5, 5.41) is 14.6. The highest BCUT2D eigenvalue weighted by molar-refractivity contribution is 6.33. The minimum absolute atomic E-state index is 0.0561. The number of phenolic OH excluding ortho intramolecular Hbond substituents is 1. The van der Waals surface area contributed by atoms with Gasteiger partial charge in [-0.1, -0.05) is 17.7 Å². The van der Waals surface area contributed by atoms with Crippen molar-refractivity contribution >= 4 is 34.0 Å². The number of phenols is 1. The lowest BCUT2D eigenvalue weighted by atomic mass is 10.1.